The number of hydrogen-bond acceptors (Lipinski definition) is 3. The normalized spacial score (nSPS) is 13.8. The maximum atomic E-state index is 11.7. The lowest BCUT2D eigenvalue weighted by Crippen LogP contribution is -2.35. The fourth-order valence-electron chi connectivity index (χ4n) is 1.45. The van der Waals surface area contributed by atoms with Gasteiger partial charge in [-0.05, 0) is 37.6 Å². The molecule has 0 bridgehead atoms. The Morgan fingerprint density at radius 3 is 2.58 bits per heavy atom. The third-order valence-corrected chi connectivity index (χ3v) is 3.92. The number of anilines is 1. The van der Waals surface area contributed by atoms with E-state index in [9.17, 15) is 9.00 Å². The van der Waals surface area contributed by atoms with Gasteiger partial charge in [0.05, 0.1) is 6.54 Å². The van der Waals surface area contributed by atoms with E-state index in [1.807, 2.05) is 31.2 Å². The molecule has 0 aliphatic carbocycles. The molecule has 1 amide bonds. The van der Waals surface area contributed by atoms with Gasteiger partial charge in [-0.1, -0.05) is 15.9 Å². The Balaban J connectivity index is 2.27. The van der Waals surface area contributed by atoms with Crippen LogP contribution >= 0.6 is 15.9 Å². The predicted molar refractivity (Wildman–Crippen MR) is 83.8 cm³/mol. The summed E-state index contributed by atoms with van der Waals surface area (Å²) >= 11 is 3.34. The van der Waals surface area contributed by atoms with Gasteiger partial charge in [-0.25, -0.2) is 0 Å². The summed E-state index contributed by atoms with van der Waals surface area (Å²) in [4.78, 5) is 11.7. The summed E-state index contributed by atoms with van der Waals surface area (Å²) < 4.78 is 11.9. The highest BCUT2D eigenvalue weighted by Gasteiger charge is 2.06. The quantitative estimate of drug-likeness (QED) is 0.795. The summed E-state index contributed by atoms with van der Waals surface area (Å²) in [6, 6.07) is 7.61. The fraction of sp³-hybridized carbons (Fsp3) is 0.462. The smallest absolute Gasteiger partial charge is 0.238 e. The summed E-state index contributed by atoms with van der Waals surface area (Å²) in [7, 11) is -0.779. The van der Waals surface area contributed by atoms with Crippen LogP contribution in [0.3, 0.4) is 0 Å². The molecule has 0 aromatic heterocycles. The second kappa shape index (κ2) is 8.45. The van der Waals surface area contributed by atoms with E-state index in [2.05, 4.69) is 26.6 Å². The molecule has 0 radical (unpaired) electrons. The minimum atomic E-state index is -0.779. The van der Waals surface area contributed by atoms with Crippen LogP contribution in [0.25, 0.3) is 0 Å². The lowest BCUT2D eigenvalue weighted by atomic mass is 10.2. The minimum Gasteiger partial charge on any atom is -0.325 e. The van der Waals surface area contributed by atoms with Crippen molar-refractivity contribution in [1.82, 2.24) is 5.32 Å². The van der Waals surface area contributed by atoms with Crippen molar-refractivity contribution in [2.24, 2.45) is 0 Å². The molecule has 19 heavy (non-hydrogen) atoms. The summed E-state index contributed by atoms with van der Waals surface area (Å²) in [6.45, 7) is 2.24. The van der Waals surface area contributed by atoms with Crippen molar-refractivity contribution in [3.8, 4) is 0 Å². The Kier molecular flexibility index (Phi) is 7.27. The van der Waals surface area contributed by atoms with Gasteiger partial charge < -0.3 is 10.6 Å². The van der Waals surface area contributed by atoms with E-state index in [4.69, 9.17) is 0 Å². The third-order valence-electron chi connectivity index (χ3n) is 2.58. The summed E-state index contributed by atoms with van der Waals surface area (Å²) in [5.41, 5.74) is 0.775. The Labute approximate surface area is 124 Å². The molecule has 1 aromatic carbocycles. The minimum absolute atomic E-state index is 0.0770. The van der Waals surface area contributed by atoms with Crippen molar-refractivity contribution in [3.63, 3.8) is 0 Å². The molecule has 0 fully saturated rings. The number of nitrogens with one attached hydrogen (secondary N) is 2. The SMILES string of the molecule is CC(CCS(C)=O)NCC(=O)Nc1ccc(Br)cc1. The molecule has 4 nitrogen and oxygen atoms in total. The molecule has 0 saturated carbocycles. The zero-order chi connectivity index (χ0) is 14.3. The average molecular weight is 347 g/mol. The molecule has 2 unspecified atom stereocenters. The van der Waals surface area contributed by atoms with E-state index in [1.165, 1.54) is 0 Å². The molecule has 0 heterocycles. The van der Waals surface area contributed by atoms with Gasteiger partial charge in [-0.15, -0.1) is 0 Å². The molecule has 1 aromatic rings. The first-order valence-corrected chi connectivity index (χ1v) is 8.58. The van der Waals surface area contributed by atoms with Gasteiger partial charge in [-0.3, -0.25) is 9.00 Å². The second-order valence-corrected chi connectivity index (χ2v) is 6.87. The highest BCUT2D eigenvalue weighted by molar-refractivity contribution is 9.10. The first-order chi connectivity index (χ1) is 8.97. The lowest BCUT2D eigenvalue weighted by Gasteiger charge is -2.13. The largest absolute Gasteiger partial charge is 0.325 e. The molecule has 0 aliphatic rings. The van der Waals surface area contributed by atoms with Gasteiger partial charge in [0.2, 0.25) is 5.91 Å². The molecule has 106 valence electrons. The van der Waals surface area contributed by atoms with Crippen LogP contribution in [0.1, 0.15) is 13.3 Å². The van der Waals surface area contributed by atoms with Gasteiger partial charge in [0.1, 0.15) is 0 Å². The maximum Gasteiger partial charge on any atom is 0.238 e. The van der Waals surface area contributed by atoms with Gasteiger partial charge in [0, 0.05) is 39.0 Å². The molecule has 0 aliphatic heterocycles. The average Bonchev–Trinajstić information content (AvgIpc) is 2.36. The van der Waals surface area contributed by atoms with Crippen LogP contribution in [0.5, 0.6) is 0 Å². The topological polar surface area (TPSA) is 58.2 Å². The molecule has 0 saturated heterocycles. The van der Waals surface area contributed by atoms with Crippen LogP contribution in [0, 0.1) is 0 Å². The highest BCUT2D eigenvalue weighted by Crippen LogP contribution is 2.13. The van der Waals surface area contributed by atoms with Gasteiger partial charge in [-0.2, -0.15) is 0 Å². The Morgan fingerprint density at radius 2 is 2.00 bits per heavy atom. The number of amides is 1. The Hall–Kier alpha value is -0.720. The number of hydrogen-bond donors (Lipinski definition) is 2. The molecule has 6 heteroatoms. The highest BCUT2D eigenvalue weighted by atomic mass is 79.9. The molecule has 2 N–H and O–H groups in total. The van der Waals surface area contributed by atoms with Crippen LogP contribution in [0.2, 0.25) is 0 Å². The summed E-state index contributed by atoms with van der Waals surface area (Å²) in [5.74, 6) is 0.578. The second-order valence-electron chi connectivity index (χ2n) is 4.40. The first-order valence-electron chi connectivity index (χ1n) is 6.06. The molecule has 0 spiro atoms. The Morgan fingerprint density at radius 1 is 1.37 bits per heavy atom. The van der Waals surface area contributed by atoms with Crippen molar-refractivity contribution >= 4 is 38.3 Å². The van der Waals surface area contributed by atoms with Crippen molar-refractivity contribution in [2.75, 3.05) is 23.9 Å². The first kappa shape index (κ1) is 16.3. The van der Waals surface area contributed by atoms with Gasteiger partial charge in [0.25, 0.3) is 0 Å². The van der Waals surface area contributed by atoms with Crippen LogP contribution in [0.4, 0.5) is 5.69 Å². The molecule has 2 atom stereocenters. The van der Waals surface area contributed by atoms with E-state index in [1.54, 1.807) is 6.26 Å². The molecular weight excluding hydrogens is 328 g/mol. The fourth-order valence-corrected chi connectivity index (χ4v) is 2.40. The molecular formula is C13H19BrN2O2S. The predicted octanol–water partition coefficient (Wildman–Crippen LogP) is 2.13. The number of carbonyl (C=O) groups excluding carboxylic acids is 1. The summed E-state index contributed by atoms with van der Waals surface area (Å²) in [5, 5.41) is 5.92. The maximum absolute atomic E-state index is 11.7. The van der Waals surface area contributed by atoms with Gasteiger partial charge >= 0.3 is 0 Å². The van der Waals surface area contributed by atoms with E-state index in [-0.39, 0.29) is 18.5 Å². The van der Waals surface area contributed by atoms with E-state index in [0.717, 1.165) is 16.6 Å². The monoisotopic (exact) mass is 346 g/mol. The van der Waals surface area contributed by atoms with Crippen LogP contribution in [-0.2, 0) is 15.6 Å². The zero-order valence-electron chi connectivity index (χ0n) is 11.1. The number of rotatable bonds is 7. The zero-order valence-corrected chi connectivity index (χ0v) is 13.5. The lowest BCUT2D eigenvalue weighted by molar-refractivity contribution is -0.115. The van der Waals surface area contributed by atoms with E-state index < -0.39 is 10.8 Å². The van der Waals surface area contributed by atoms with Crippen LogP contribution < -0.4 is 10.6 Å². The van der Waals surface area contributed by atoms with Crippen molar-refractivity contribution < 1.29 is 9.00 Å². The van der Waals surface area contributed by atoms with Crippen molar-refractivity contribution in [2.45, 2.75) is 19.4 Å². The Bertz CT molecular complexity index is 437. The third kappa shape index (κ3) is 7.44. The molecule has 1 rings (SSSR count). The number of benzene rings is 1. The van der Waals surface area contributed by atoms with E-state index in [0.29, 0.717) is 5.75 Å². The van der Waals surface area contributed by atoms with Gasteiger partial charge in [0.15, 0.2) is 0 Å². The summed E-state index contributed by atoms with van der Waals surface area (Å²) in [6.07, 6.45) is 2.49. The number of carbonyl (C=O) groups is 1. The van der Waals surface area contributed by atoms with Crippen molar-refractivity contribution in [3.05, 3.63) is 28.7 Å². The number of halogens is 1. The van der Waals surface area contributed by atoms with E-state index >= 15 is 0 Å². The standard InChI is InChI=1S/C13H19BrN2O2S/c1-10(7-8-19(2)18)15-9-13(17)16-12-5-3-11(14)4-6-12/h3-6,10,15H,7-9H2,1-2H3,(H,16,17). The van der Waals surface area contributed by atoms with Crippen LogP contribution in [0.15, 0.2) is 28.7 Å². The van der Waals surface area contributed by atoms with Crippen molar-refractivity contribution in [1.29, 1.82) is 0 Å². The van der Waals surface area contributed by atoms with Crippen LogP contribution in [-0.4, -0.2) is 34.7 Å².